The summed E-state index contributed by atoms with van der Waals surface area (Å²) in [5.41, 5.74) is 2.28. The highest BCUT2D eigenvalue weighted by Crippen LogP contribution is 2.20. The van der Waals surface area contributed by atoms with Crippen LogP contribution in [0.2, 0.25) is 10.0 Å². The van der Waals surface area contributed by atoms with Gasteiger partial charge in [-0.1, -0.05) is 53.5 Å². The van der Waals surface area contributed by atoms with E-state index < -0.39 is 0 Å². The number of carbonyl (C=O) groups excluding carboxylic acids is 1. The number of halogens is 2. The number of hydrogen-bond donors (Lipinski definition) is 2. The van der Waals surface area contributed by atoms with E-state index in [2.05, 4.69) is 15.3 Å². The Hall–Kier alpha value is -2.30. The Balaban J connectivity index is 1.68. The van der Waals surface area contributed by atoms with E-state index in [1.165, 1.54) is 6.07 Å². The number of benzene rings is 2. The summed E-state index contributed by atoms with van der Waals surface area (Å²) in [6.07, 6.45) is 1.74. The van der Waals surface area contributed by atoms with E-state index in [4.69, 9.17) is 23.2 Å². The molecule has 0 atom stereocenters. The van der Waals surface area contributed by atoms with Crippen LogP contribution in [-0.2, 0) is 6.54 Å². The minimum absolute atomic E-state index is 0.272. The molecule has 0 radical (unpaired) electrons. The van der Waals surface area contributed by atoms with Crippen molar-refractivity contribution in [2.24, 2.45) is 0 Å². The van der Waals surface area contributed by atoms with E-state index >= 15 is 0 Å². The zero-order chi connectivity index (χ0) is 16.2. The standard InChI is InChI=1S/C17H13Cl2N3O/c18-12-6-7-14(19)13(8-12)17(23)21-10-16-20-9-15(22-16)11-4-2-1-3-5-11/h1-9H,10H2,(H,20,22)(H,21,23). The minimum atomic E-state index is -0.296. The van der Waals surface area contributed by atoms with Gasteiger partial charge in [0.2, 0.25) is 0 Å². The van der Waals surface area contributed by atoms with Crippen molar-refractivity contribution in [1.82, 2.24) is 15.3 Å². The number of rotatable bonds is 4. The summed E-state index contributed by atoms with van der Waals surface area (Å²) in [6.45, 7) is 0.272. The van der Waals surface area contributed by atoms with Crippen LogP contribution in [0.25, 0.3) is 11.3 Å². The third-order valence-electron chi connectivity index (χ3n) is 3.30. The molecule has 116 valence electrons. The number of H-pyrrole nitrogens is 1. The molecular formula is C17H13Cl2N3O. The number of amides is 1. The molecule has 3 rings (SSSR count). The Kier molecular flexibility index (Phi) is 4.65. The van der Waals surface area contributed by atoms with E-state index in [0.29, 0.717) is 21.4 Å². The van der Waals surface area contributed by atoms with Crippen molar-refractivity contribution in [3.63, 3.8) is 0 Å². The SMILES string of the molecule is O=C(NCc1ncc(-c2ccccc2)[nH]1)c1cc(Cl)ccc1Cl. The maximum atomic E-state index is 12.2. The average molecular weight is 346 g/mol. The monoisotopic (exact) mass is 345 g/mol. The molecule has 1 aromatic heterocycles. The van der Waals surface area contributed by atoms with Crippen molar-refractivity contribution in [1.29, 1.82) is 0 Å². The van der Waals surface area contributed by atoms with Crippen LogP contribution in [0.5, 0.6) is 0 Å². The summed E-state index contributed by atoms with van der Waals surface area (Å²) in [5.74, 6) is 0.366. The van der Waals surface area contributed by atoms with E-state index in [1.54, 1.807) is 18.3 Å². The first kappa shape index (κ1) is 15.6. The van der Waals surface area contributed by atoms with Gasteiger partial charge in [-0.15, -0.1) is 0 Å². The van der Waals surface area contributed by atoms with Gasteiger partial charge in [0, 0.05) is 5.02 Å². The highest BCUT2D eigenvalue weighted by atomic mass is 35.5. The molecule has 2 N–H and O–H groups in total. The number of nitrogens with zero attached hydrogens (tertiary/aromatic N) is 1. The fraction of sp³-hybridized carbons (Fsp3) is 0.0588. The van der Waals surface area contributed by atoms with Crippen LogP contribution in [0.3, 0.4) is 0 Å². The smallest absolute Gasteiger partial charge is 0.253 e. The molecule has 23 heavy (non-hydrogen) atoms. The Morgan fingerprint density at radius 2 is 1.91 bits per heavy atom. The van der Waals surface area contributed by atoms with Crippen molar-refractivity contribution < 1.29 is 4.79 Å². The van der Waals surface area contributed by atoms with Gasteiger partial charge in [0.15, 0.2) is 0 Å². The van der Waals surface area contributed by atoms with Gasteiger partial charge in [0.25, 0.3) is 5.91 Å². The minimum Gasteiger partial charge on any atom is -0.345 e. The Bertz CT molecular complexity index is 831. The molecular weight excluding hydrogens is 333 g/mol. The molecule has 2 aromatic carbocycles. The van der Waals surface area contributed by atoms with Crippen molar-refractivity contribution >= 4 is 29.1 Å². The maximum Gasteiger partial charge on any atom is 0.253 e. The lowest BCUT2D eigenvalue weighted by Crippen LogP contribution is -2.23. The van der Waals surface area contributed by atoms with Crippen molar-refractivity contribution in [2.75, 3.05) is 0 Å². The summed E-state index contributed by atoms with van der Waals surface area (Å²) in [4.78, 5) is 19.6. The van der Waals surface area contributed by atoms with Gasteiger partial charge in [0.1, 0.15) is 5.82 Å². The zero-order valence-electron chi connectivity index (χ0n) is 12.0. The first-order valence-corrected chi connectivity index (χ1v) is 7.71. The lowest BCUT2D eigenvalue weighted by atomic mass is 10.2. The Morgan fingerprint density at radius 1 is 1.13 bits per heavy atom. The molecule has 0 aliphatic carbocycles. The lowest BCUT2D eigenvalue weighted by Gasteiger charge is -2.06. The fourth-order valence-corrected chi connectivity index (χ4v) is 2.52. The topological polar surface area (TPSA) is 57.8 Å². The average Bonchev–Trinajstić information content (AvgIpc) is 3.05. The van der Waals surface area contributed by atoms with E-state index in [9.17, 15) is 4.79 Å². The number of imidazole rings is 1. The quantitative estimate of drug-likeness (QED) is 0.739. The van der Waals surface area contributed by atoms with Gasteiger partial charge in [0.05, 0.1) is 29.0 Å². The molecule has 0 saturated heterocycles. The highest BCUT2D eigenvalue weighted by molar-refractivity contribution is 6.35. The van der Waals surface area contributed by atoms with E-state index in [-0.39, 0.29) is 12.5 Å². The molecule has 0 saturated carbocycles. The molecule has 0 fully saturated rings. The largest absolute Gasteiger partial charge is 0.345 e. The Labute approximate surface area is 143 Å². The van der Waals surface area contributed by atoms with Crippen LogP contribution < -0.4 is 5.32 Å². The van der Waals surface area contributed by atoms with Crippen molar-refractivity contribution in [3.05, 3.63) is 76.2 Å². The number of hydrogen-bond acceptors (Lipinski definition) is 2. The van der Waals surface area contributed by atoms with Gasteiger partial charge < -0.3 is 10.3 Å². The normalized spacial score (nSPS) is 10.5. The predicted octanol–water partition coefficient (Wildman–Crippen LogP) is 4.31. The molecule has 0 unspecified atom stereocenters. The van der Waals surface area contributed by atoms with Crippen LogP contribution in [0.1, 0.15) is 16.2 Å². The fourth-order valence-electron chi connectivity index (χ4n) is 2.15. The van der Waals surface area contributed by atoms with Gasteiger partial charge in [-0.3, -0.25) is 4.79 Å². The molecule has 6 heteroatoms. The van der Waals surface area contributed by atoms with Gasteiger partial charge in [-0.2, -0.15) is 0 Å². The van der Waals surface area contributed by atoms with Crippen LogP contribution in [0.15, 0.2) is 54.7 Å². The second kappa shape index (κ2) is 6.86. The zero-order valence-corrected chi connectivity index (χ0v) is 13.5. The summed E-state index contributed by atoms with van der Waals surface area (Å²) in [5, 5.41) is 3.59. The van der Waals surface area contributed by atoms with E-state index in [1.807, 2.05) is 30.3 Å². The van der Waals surface area contributed by atoms with Crippen LogP contribution in [0, 0.1) is 0 Å². The first-order valence-electron chi connectivity index (χ1n) is 6.96. The molecule has 1 amide bonds. The molecule has 1 heterocycles. The van der Waals surface area contributed by atoms with Crippen LogP contribution in [-0.4, -0.2) is 15.9 Å². The summed E-state index contributed by atoms with van der Waals surface area (Å²) in [7, 11) is 0. The number of carbonyl (C=O) groups is 1. The second-order valence-corrected chi connectivity index (χ2v) is 5.76. The molecule has 4 nitrogen and oxygen atoms in total. The number of nitrogens with one attached hydrogen (secondary N) is 2. The predicted molar refractivity (Wildman–Crippen MR) is 91.7 cm³/mol. The highest BCUT2D eigenvalue weighted by Gasteiger charge is 2.11. The third kappa shape index (κ3) is 3.73. The summed E-state index contributed by atoms with van der Waals surface area (Å²) >= 11 is 11.9. The maximum absolute atomic E-state index is 12.2. The third-order valence-corrected chi connectivity index (χ3v) is 3.87. The Morgan fingerprint density at radius 3 is 2.70 bits per heavy atom. The molecule has 3 aromatic rings. The van der Waals surface area contributed by atoms with Crippen LogP contribution >= 0.6 is 23.2 Å². The molecule has 0 aliphatic heterocycles. The summed E-state index contributed by atoms with van der Waals surface area (Å²) in [6, 6.07) is 14.6. The van der Waals surface area contributed by atoms with Gasteiger partial charge in [-0.05, 0) is 23.8 Å². The number of aromatic nitrogens is 2. The molecule has 0 spiro atoms. The summed E-state index contributed by atoms with van der Waals surface area (Å²) < 4.78 is 0. The van der Waals surface area contributed by atoms with E-state index in [0.717, 1.165) is 11.3 Å². The molecule has 0 aliphatic rings. The van der Waals surface area contributed by atoms with Crippen LogP contribution in [0.4, 0.5) is 0 Å². The van der Waals surface area contributed by atoms with Crippen molar-refractivity contribution in [3.8, 4) is 11.3 Å². The molecule has 0 bridgehead atoms. The second-order valence-electron chi connectivity index (χ2n) is 4.92. The lowest BCUT2D eigenvalue weighted by molar-refractivity contribution is 0.0950. The van der Waals surface area contributed by atoms with Gasteiger partial charge in [-0.25, -0.2) is 4.98 Å². The van der Waals surface area contributed by atoms with Crippen molar-refractivity contribution in [2.45, 2.75) is 6.54 Å². The number of aromatic amines is 1. The van der Waals surface area contributed by atoms with Gasteiger partial charge >= 0.3 is 0 Å². The first-order chi connectivity index (χ1) is 11.1.